The van der Waals surface area contributed by atoms with Gasteiger partial charge in [0.1, 0.15) is 0 Å². The molecule has 102 valence electrons. The summed E-state index contributed by atoms with van der Waals surface area (Å²) < 4.78 is 0. The first kappa shape index (κ1) is 13.5. The first-order valence-corrected chi connectivity index (χ1v) is 6.43. The summed E-state index contributed by atoms with van der Waals surface area (Å²) in [6.07, 6.45) is 4.50. The smallest absolute Gasteiger partial charge is 0.303 e. The fraction of sp³-hybridized carbons (Fsp3) is 0.500. The fourth-order valence-electron chi connectivity index (χ4n) is 2.47. The highest BCUT2D eigenvalue weighted by atomic mass is 16.4. The Morgan fingerprint density at radius 3 is 2.74 bits per heavy atom. The summed E-state index contributed by atoms with van der Waals surface area (Å²) in [7, 11) is 0. The molecule has 0 aromatic carbocycles. The molecular formula is C14H18N2O3. The van der Waals surface area contributed by atoms with Gasteiger partial charge in [-0.3, -0.25) is 14.6 Å². The van der Waals surface area contributed by atoms with Crippen LogP contribution in [0.15, 0.2) is 18.3 Å². The summed E-state index contributed by atoms with van der Waals surface area (Å²) in [6, 6.07) is 3.38. The van der Waals surface area contributed by atoms with E-state index in [0.29, 0.717) is 12.1 Å². The number of nitrogens with zero attached hydrogens (tertiary/aromatic N) is 1. The molecule has 1 aliphatic rings. The van der Waals surface area contributed by atoms with Crippen LogP contribution in [0.4, 0.5) is 0 Å². The lowest BCUT2D eigenvalue weighted by molar-refractivity contribution is -0.141. The first-order chi connectivity index (χ1) is 9.01. The zero-order chi connectivity index (χ0) is 13.9. The molecule has 0 aliphatic heterocycles. The summed E-state index contributed by atoms with van der Waals surface area (Å²) in [6.45, 7) is 2.26. The van der Waals surface area contributed by atoms with Gasteiger partial charge in [-0.05, 0) is 37.3 Å². The van der Waals surface area contributed by atoms with Crippen molar-refractivity contribution in [3.05, 3.63) is 29.6 Å². The van der Waals surface area contributed by atoms with Crippen LogP contribution in [-0.4, -0.2) is 28.5 Å². The molecule has 0 atom stereocenters. The second kappa shape index (κ2) is 5.38. The predicted octanol–water partition coefficient (Wildman–Crippen LogP) is 1.76. The molecule has 0 spiro atoms. The molecule has 1 amide bonds. The maximum absolute atomic E-state index is 12.0. The SMILES string of the molecule is Cc1cc(C(=O)NCC2(CC(=O)O)CCC2)ccn1. The molecule has 1 fully saturated rings. The average Bonchev–Trinajstić information content (AvgIpc) is 2.31. The van der Waals surface area contributed by atoms with Gasteiger partial charge in [0.25, 0.3) is 5.91 Å². The number of carboxylic acids is 1. The quantitative estimate of drug-likeness (QED) is 0.847. The summed E-state index contributed by atoms with van der Waals surface area (Å²) in [5.74, 6) is -0.962. The van der Waals surface area contributed by atoms with Crippen LogP contribution in [0.2, 0.25) is 0 Å². The number of hydrogen-bond donors (Lipinski definition) is 2. The zero-order valence-electron chi connectivity index (χ0n) is 11.0. The van der Waals surface area contributed by atoms with Gasteiger partial charge in [0.15, 0.2) is 0 Å². The number of pyridine rings is 1. The molecule has 1 saturated carbocycles. The molecule has 5 nitrogen and oxygen atoms in total. The van der Waals surface area contributed by atoms with E-state index in [1.165, 1.54) is 0 Å². The topological polar surface area (TPSA) is 79.3 Å². The number of aromatic nitrogens is 1. The lowest BCUT2D eigenvalue weighted by Gasteiger charge is -2.40. The van der Waals surface area contributed by atoms with Crippen LogP contribution in [0.1, 0.15) is 41.7 Å². The van der Waals surface area contributed by atoms with Gasteiger partial charge < -0.3 is 10.4 Å². The Morgan fingerprint density at radius 2 is 2.21 bits per heavy atom. The van der Waals surface area contributed by atoms with E-state index < -0.39 is 5.97 Å². The van der Waals surface area contributed by atoms with Gasteiger partial charge in [-0.25, -0.2) is 0 Å². The van der Waals surface area contributed by atoms with Crippen LogP contribution >= 0.6 is 0 Å². The number of aryl methyl sites for hydroxylation is 1. The number of amides is 1. The van der Waals surface area contributed by atoms with Crippen molar-refractivity contribution < 1.29 is 14.7 Å². The second-order valence-corrected chi connectivity index (χ2v) is 5.29. The molecule has 2 rings (SSSR count). The number of carbonyl (C=O) groups excluding carboxylic acids is 1. The van der Waals surface area contributed by atoms with Gasteiger partial charge in [0.05, 0.1) is 6.42 Å². The van der Waals surface area contributed by atoms with E-state index in [4.69, 9.17) is 5.11 Å². The largest absolute Gasteiger partial charge is 0.481 e. The summed E-state index contributed by atoms with van der Waals surface area (Å²) >= 11 is 0. The minimum atomic E-state index is -0.797. The van der Waals surface area contributed by atoms with Crippen molar-refractivity contribution >= 4 is 11.9 Å². The number of nitrogens with one attached hydrogen (secondary N) is 1. The highest BCUT2D eigenvalue weighted by Gasteiger charge is 2.39. The second-order valence-electron chi connectivity index (χ2n) is 5.29. The van der Waals surface area contributed by atoms with E-state index in [0.717, 1.165) is 25.0 Å². The van der Waals surface area contributed by atoms with Crippen molar-refractivity contribution in [2.24, 2.45) is 5.41 Å². The molecule has 5 heteroatoms. The first-order valence-electron chi connectivity index (χ1n) is 6.43. The lowest BCUT2D eigenvalue weighted by Crippen LogP contribution is -2.43. The molecule has 0 bridgehead atoms. The number of carboxylic acid groups (broad SMARTS) is 1. The van der Waals surface area contributed by atoms with Crippen molar-refractivity contribution in [3.63, 3.8) is 0 Å². The fourth-order valence-corrected chi connectivity index (χ4v) is 2.47. The normalized spacial score (nSPS) is 16.5. The molecule has 0 saturated heterocycles. The van der Waals surface area contributed by atoms with Crippen molar-refractivity contribution in [2.45, 2.75) is 32.6 Å². The number of aliphatic carboxylic acids is 1. The van der Waals surface area contributed by atoms with Crippen molar-refractivity contribution in [1.29, 1.82) is 0 Å². The van der Waals surface area contributed by atoms with E-state index >= 15 is 0 Å². The maximum Gasteiger partial charge on any atom is 0.303 e. The third kappa shape index (κ3) is 3.30. The Labute approximate surface area is 112 Å². The average molecular weight is 262 g/mol. The Bertz CT molecular complexity index is 495. The van der Waals surface area contributed by atoms with Crippen LogP contribution in [0.5, 0.6) is 0 Å². The third-order valence-electron chi connectivity index (χ3n) is 3.72. The van der Waals surface area contributed by atoms with Gasteiger partial charge in [-0.1, -0.05) is 6.42 Å². The van der Waals surface area contributed by atoms with E-state index in [9.17, 15) is 9.59 Å². The zero-order valence-corrected chi connectivity index (χ0v) is 11.0. The monoisotopic (exact) mass is 262 g/mol. The van der Waals surface area contributed by atoms with Gasteiger partial charge >= 0.3 is 5.97 Å². The standard InChI is InChI=1S/C14H18N2O3/c1-10-7-11(3-6-15-10)13(19)16-9-14(4-2-5-14)8-12(17)18/h3,6-7H,2,4-5,8-9H2,1H3,(H,16,19)(H,17,18). The Kier molecular flexibility index (Phi) is 3.83. The van der Waals surface area contributed by atoms with Gasteiger partial charge in [-0.2, -0.15) is 0 Å². The molecule has 1 aliphatic carbocycles. The highest BCUT2D eigenvalue weighted by Crippen LogP contribution is 2.43. The van der Waals surface area contributed by atoms with Gasteiger partial charge in [0, 0.05) is 24.0 Å². The molecule has 2 N–H and O–H groups in total. The van der Waals surface area contributed by atoms with Crippen LogP contribution in [0.3, 0.4) is 0 Å². The highest BCUT2D eigenvalue weighted by molar-refractivity contribution is 5.94. The number of hydrogen-bond acceptors (Lipinski definition) is 3. The lowest BCUT2D eigenvalue weighted by atomic mass is 9.66. The molecule has 0 unspecified atom stereocenters. The predicted molar refractivity (Wildman–Crippen MR) is 69.8 cm³/mol. The van der Waals surface area contributed by atoms with E-state index in [1.807, 2.05) is 6.92 Å². The molecule has 19 heavy (non-hydrogen) atoms. The number of rotatable bonds is 5. The third-order valence-corrected chi connectivity index (χ3v) is 3.72. The van der Waals surface area contributed by atoms with Crippen LogP contribution in [0, 0.1) is 12.3 Å². The molecule has 1 aromatic heterocycles. The van der Waals surface area contributed by atoms with E-state index in [1.54, 1.807) is 18.3 Å². The number of carbonyl (C=O) groups is 2. The Balaban J connectivity index is 1.94. The Morgan fingerprint density at radius 1 is 1.47 bits per heavy atom. The van der Waals surface area contributed by atoms with Crippen LogP contribution in [0.25, 0.3) is 0 Å². The summed E-state index contributed by atoms with van der Waals surface area (Å²) in [5.41, 5.74) is 1.11. The molecule has 1 heterocycles. The summed E-state index contributed by atoms with van der Waals surface area (Å²) in [5, 5.41) is 11.8. The minimum Gasteiger partial charge on any atom is -0.481 e. The van der Waals surface area contributed by atoms with E-state index in [2.05, 4.69) is 10.3 Å². The Hall–Kier alpha value is -1.91. The van der Waals surface area contributed by atoms with Crippen LogP contribution in [-0.2, 0) is 4.79 Å². The van der Waals surface area contributed by atoms with Crippen molar-refractivity contribution in [1.82, 2.24) is 10.3 Å². The van der Waals surface area contributed by atoms with Gasteiger partial charge in [0.2, 0.25) is 0 Å². The van der Waals surface area contributed by atoms with Crippen molar-refractivity contribution in [2.75, 3.05) is 6.54 Å². The molecule has 0 radical (unpaired) electrons. The van der Waals surface area contributed by atoms with Crippen molar-refractivity contribution in [3.8, 4) is 0 Å². The summed E-state index contributed by atoms with van der Waals surface area (Å²) in [4.78, 5) is 26.9. The molecule has 1 aromatic rings. The van der Waals surface area contributed by atoms with E-state index in [-0.39, 0.29) is 17.7 Å². The van der Waals surface area contributed by atoms with Gasteiger partial charge in [-0.15, -0.1) is 0 Å². The van der Waals surface area contributed by atoms with Crippen LogP contribution < -0.4 is 5.32 Å². The minimum absolute atomic E-state index is 0.128. The maximum atomic E-state index is 12.0. The molecular weight excluding hydrogens is 244 g/mol.